The van der Waals surface area contributed by atoms with Gasteiger partial charge >= 0.3 is 0 Å². The molecule has 0 aliphatic heterocycles. The molecule has 0 radical (unpaired) electrons. The van der Waals surface area contributed by atoms with E-state index in [0.29, 0.717) is 5.56 Å². The van der Waals surface area contributed by atoms with Crippen molar-refractivity contribution in [2.45, 2.75) is 31.1 Å². The molecule has 1 N–H and O–H groups in total. The Balaban J connectivity index is 2.19. The van der Waals surface area contributed by atoms with Gasteiger partial charge in [-0.2, -0.15) is 0 Å². The first-order chi connectivity index (χ1) is 9.39. The summed E-state index contributed by atoms with van der Waals surface area (Å²) < 4.78 is 23.3. The van der Waals surface area contributed by atoms with E-state index < -0.39 is 21.2 Å². The second kappa shape index (κ2) is 4.57. The largest absolute Gasteiger partial charge is 0.387 e. The fraction of sp³-hybridized carbons (Fsp3) is 0.375. The predicted molar refractivity (Wildman–Crippen MR) is 80.6 cm³/mol. The molecule has 3 rings (SSSR count). The van der Waals surface area contributed by atoms with Crippen LogP contribution in [0.15, 0.2) is 30.3 Å². The van der Waals surface area contributed by atoms with E-state index in [9.17, 15) is 13.5 Å². The number of sulfone groups is 1. The van der Waals surface area contributed by atoms with Gasteiger partial charge in [-0.05, 0) is 47.2 Å². The molecule has 0 spiro atoms. The molecule has 0 amide bonds. The lowest BCUT2D eigenvalue weighted by Crippen LogP contribution is -2.24. The number of rotatable bonds is 3. The fourth-order valence-electron chi connectivity index (χ4n) is 3.01. The highest BCUT2D eigenvalue weighted by atomic mass is 32.2. The molecule has 0 bridgehead atoms. The molecule has 1 aliphatic carbocycles. The van der Waals surface area contributed by atoms with Crippen LogP contribution in [0.2, 0.25) is 0 Å². The Kier molecular flexibility index (Phi) is 3.10. The lowest BCUT2D eigenvalue weighted by molar-refractivity contribution is 0.177. The first-order valence-corrected chi connectivity index (χ1v) is 8.75. The maximum Gasteiger partial charge on any atom is 0.152 e. The summed E-state index contributed by atoms with van der Waals surface area (Å²) in [4.78, 5) is 0. The van der Waals surface area contributed by atoms with Gasteiger partial charge in [-0.15, -0.1) is 0 Å². The quantitative estimate of drug-likeness (QED) is 0.944. The normalized spacial score (nSPS) is 17.4. The Morgan fingerprint density at radius 2 is 1.75 bits per heavy atom. The van der Waals surface area contributed by atoms with E-state index in [-0.39, 0.29) is 0 Å². The summed E-state index contributed by atoms with van der Waals surface area (Å²) in [5.74, 6) is 0. The zero-order valence-corrected chi connectivity index (χ0v) is 12.4. The Labute approximate surface area is 119 Å². The Bertz CT molecular complexity index is 767. The van der Waals surface area contributed by atoms with Crippen molar-refractivity contribution in [3.05, 3.63) is 47.0 Å². The molecule has 0 saturated carbocycles. The van der Waals surface area contributed by atoms with Crippen LogP contribution in [0, 0.1) is 0 Å². The number of benzene rings is 2. The smallest absolute Gasteiger partial charge is 0.152 e. The molecular formula is C16H18O3S. The molecule has 3 nitrogen and oxygen atoms in total. The van der Waals surface area contributed by atoms with Crippen LogP contribution in [0.25, 0.3) is 10.8 Å². The minimum Gasteiger partial charge on any atom is -0.387 e. The van der Waals surface area contributed by atoms with Gasteiger partial charge in [0.05, 0.1) is 11.4 Å². The van der Waals surface area contributed by atoms with Gasteiger partial charge in [0, 0.05) is 6.26 Å². The molecular weight excluding hydrogens is 272 g/mol. The second-order valence-corrected chi connectivity index (χ2v) is 8.04. The summed E-state index contributed by atoms with van der Waals surface area (Å²) in [6.45, 7) is 1.56. The van der Waals surface area contributed by atoms with E-state index in [1.807, 2.05) is 24.3 Å². The van der Waals surface area contributed by atoms with Crippen molar-refractivity contribution in [1.29, 1.82) is 0 Å². The molecule has 20 heavy (non-hydrogen) atoms. The molecule has 1 aliphatic rings. The zero-order chi connectivity index (χ0) is 14.5. The second-order valence-electron chi connectivity index (χ2n) is 5.63. The van der Waals surface area contributed by atoms with Gasteiger partial charge in [0.25, 0.3) is 0 Å². The molecule has 0 heterocycles. The lowest BCUT2D eigenvalue weighted by atomic mass is 9.96. The van der Waals surface area contributed by atoms with Crippen LogP contribution in [-0.4, -0.2) is 25.0 Å². The van der Waals surface area contributed by atoms with Gasteiger partial charge in [0.1, 0.15) is 0 Å². The monoisotopic (exact) mass is 290 g/mol. The summed E-state index contributed by atoms with van der Waals surface area (Å²) >= 11 is 0. The van der Waals surface area contributed by atoms with Crippen LogP contribution < -0.4 is 0 Å². The third-order valence-electron chi connectivity index (χ3n) is 4.35. The summed E-state index contributed by atoms with van der Waals surface area (Å²) in [7, 11) is -3.27. The third-order valence-corrected chi connectivity index (χ3v) is 5.96. The molecule has 2 aromatic carbocycles. The van der Waals surface area contributed by atoms with E-state index >= 15 is 0 Å². The van der Waals surface area contributed by atoms with Crippen molar-refractivity contribution < 1.29 is 13.5 Å². The number of hydrogen-bond acceptors (Lipinski definition) is 3. The maximum atomic E-state index is 11.7. The SMILES string of the molecule is CC(C(O)c1ccc2c3c(cccc13)CC2)S(C)(=O)=O. The minimum absolute atomic E-state index is 0.713. The van der Waals surface area contributed by atoms with Gasteiger partial charge in [-0.1, -0.05) is 30.3 Å². The van der Waals surface area contributed by atoms with E-state index in [1.165, 1.54) is 22.8 Å². The number of aliphatic hydroxyl groups excluding tert-OH is 1. The average molecular weight is 290 g/mol. The standard InChI is InChI=1S/C16H18O3S/c1-10(20(2,18)19)16(17)14-9-8-12-7-6-11-4-3-5-13(14)15(11)12/h3-5,8-10,16-17H,6-7H2,1-2H3. The van der Waals surface area contributed by atoms with E-state index in [2.05, 4.69) is 6.07 Å². The molecule has 4 heteroatoms. The van der Waals surface area contributed by atoms with Gasteiger partial charge < -0.3 is 5.11 Å². The van der Waals surface area contributed by atoms with E-state index in [4.69, 9.17) is 0 Å². The molecule has 106 valence electrons. The topological polar surface area (TPSA) is 54.4 Å². The summed E-state index contributed by atoms with van der Waals surface area (Å²) in [5, 5.41) is 11.8. The minimum atomic E-state index is -3.27. The first-order valence-electron chi connectivity index (χ1n) is 6.80. The van der Waals surface area contributed by atoms with Crippen molar-refractivity contribution in [1.82, 2.24) is 0 Å². The Hall–Kier alpha value is -1.39. The van der Waals surface area contributed by atoms with Gasteiger partial charge in [-0.25, -0.2) is 8.42 Å². The molecule has 2 atom stereocenters. The van der Waals surface area contributed by atoms with Crippen LogP contribution in [0.1, 0.15) is 29.7 Å². The molecule has 0 saturated heterocycles. The molecule has 2 unspecified atom stereocenters. The van der Waals surface area contributed by atoms with Crippen LogP contribution in [-0.2, 0) is 22.7 Å². The zero-order valence-electron chi connectivity index (χ0n) is 11.6. The molecule has 0 aromatic heterocycles. The van der Waals surface area contributed by atoms with Crippen molar-refractivity contribution in [2.75, 3.05) is 6.26 Å². The van der Waals surface area contributed by atoms with Crippen LogP contribution in [0.5, 0.6) is 0 Å². The number of aryl methyl sites for hydroxylation is 2. The molecule has 0 fully saturated rings. The first kappa shape index (κ1) is 13.6. The lowest BCUT2D eigenvalue weighted by Gasteiger charge is -2.20. The summed E-state index contributed by atoms with van der Waals surface area (Å²) in [6, 6.07) is 9.95. The molecule has 2 aromatic rings. The van der Waals surface area contributed by atoms with Crippen LogP contribution in [0.3, 0.4) is 0 Å². The average Bonchev–Trinajstić information content (AvgIpc) is 2.82. The maximum absolute atomic E-state index is 11.7. The van der Waals surface area contributed by atoms with Crippen LogP contribution in [0.4, 0.5) is 0 Å². The van der Waals surface area contributed by atoms with Crippen molar-refractivity contribution in [3.63, 3.8) is 0 Å². The van der Waals surface area contributed by atoms with Crippen LogP contribution >= 0.6 is 0 Å². The summed E-state index contributed by atoms with van der Waals surface area (Å²) in [6.07, 6.45) is 2.22. The van der Waals surface area contributed by atoms with Crippen molar-refractivity contribution >= 4 is 20.6 Å². The van der Waals surface area contributed by atoms with E-state index in [1.54, 1.807) is 6.92 Å². The highest BCUT2D eigenvalue weighted by Gasteiger charge is 2.28. The number of hydrogen-bond donors (Lipinski definition) is 1. The summed E-state index contributed by atoms with van der Waals surface area (Å²) in [5.41, 5.74) is 3.29. The highest BCUT2D eigenvalue weighted by molar-refractivity contribution is 7.91. The Morgan fingerprint density at radius 3 is 2.40 bits per heavy atom. The van der Waals surface area contributed by atoms with Gasteiger partial charge in [0.15, 0.2) is 9.84 Å². The van der Waals surface area contributed by atoms with E-state index in [0.717, 1.165) is 18.2 Å². The van der Waals surface area contributed by atoms with Gasteiger partial charge in [-0.3, -0.25) is 0 Å². The van der Waals surface area contributed by atoms with Crippen molar-refractivity contribution in [2.24, 2.45) is 0 Å². The third kappa shape index (κ3) is 2.03. The number of aliphatic hydroxyl groups is 1. The van der Waals surface area contributed by atoms with Gasteiger partial charge in [0.2, 0.25) is 0 Å². The predicted octanol–water partition coefficient (Wildman–Crippen LogP) is 2.40. The highest BCUT2D eigenvalue weighted by Crippen LogP contribution is 2.36. The Morgan fingerprint density at radius 1 is 1.10 bits per heavy atom. The van der Waals surface area contributed by atoms with Crippen molar-refractivity contribution in [3.8, 4) is 0 Å². The fourth-order valence-corrected chi connectivity index (χ4v) is 3.63.